The maximum atomic E-state index is 14.1. The fourth-order valence-electron chi connectivity index (χ4n) is 5.19. The van der Waals surface area contributed by atoms with E-state index in [2.05, 4.69) is 35.9 Å². The van der Waals surface area contributed by atoms with Crippen LogP contribution in [0.15, 0.2) is 66.7 Å². The van der Waals surface area contributed by atoms with Crippen LogP contribution in [0, 0.1) is 11.7 Å². The lowest BCUT2D eigenvalue weighted by Crippen LogP contribution is -2.21. The summed E-state index contributed by atoms with van der Waals surface area (Å²) in [6.45, 7) is 2.32. The third-order valence-electron chi connectivity index (χ3n) is 7.17. The Bertz CT molecular complexity index is 1090. The second kappa shape index (κ2) is 11.4. The van der Waals surface area contributed by atoms with Crippen LogP contribution in [0.2, 0.25) is 18.1 Å². The molecule has 1 aliphatic rings. The fraction of sp³-hybridized carbons (Fsp3) is 0.379. The van der Waals surface area contributed by atoms with Crippen molar-refractivity contribution in [3.63, 3.8) is 0 Å². The summed E-state index contributed by atoms with van der Waals surface area (Å²) in [5.41, 5.74) is 4.73. The number of aryl methyl sites for hydroxylation is 1. The SMILES string of the molecule is CCC[SiH]1CCC(CCc2ccc(-c3ccc(-c4ccc(OC(F)(F)F)c(F)c4)cc3)cc2)CC1. The lowest BCUT2D eigenvalue weighted by molar-refractivity contribution is -0.275. The smallest absolute Gasteiger partial charge is 0.403 e. The molecule has 0 unspecified atom stereocenters. The number of hydrogen-bond donors (Lipinski definition) is 0. The minimum atomic E-state index is -4.92. The monoisotopic (exact) mass is 500 g/mol. The Kier molecular flexibility index (Phi) is 8.32. The molecule has 0 aliphatic carbocycles. The van der Waals surface area contributed by atoms with Gasteiger partial charge >= 0.3 is 6.36 Å². The summed E-state index contributed by atoms with van der Waals surface area (Å²) in [5.74, 6) is -0.985. The minimum Gasteiger partial charge on any atom is -0.403 e. The predicted octanol–water partition coefficient (Wildman–Crippen LogP) is 9.04. The highest BCUT2D eigenvalue weighted by atomic mass is 28.3. The van der Waals surface area contributed by atoms with E-state index in [9.17, 15) is 17.6 Å². The molecule has 1 nitrogen and oxygen atoms in total. The Hall–Kier alpha value is -2.60. The topological polar surface area (TPSA) is 9.23 Å². The van der Waals surface area contributed by atoms with Crippen molar-refractivity contribution >= 4 is 8.80 Å². The van der Waals surface area contributed by atoms with Crippen molar-refractivity contribution < 1.29 is 22.3 Å². The quantitative estimate of drug-likeness (QED) is 0.221. The van der Waals surface area contributed by atoms with Crippen LogP contribution in [0.3, 0.4) is 0 Å². The molecule has 0 aromatic heterocycles. The molecule has 1 aliphatic heterocycles. The summed E-state index contributed by atoms with van der Waals surface area (Å²) in [7, 11) is -0.407. The molecule has 0 spiro atoms. The van der Waals surface area contributed by atoms with Crippen molar-refractivity contribution in [2.24, 2.45) is 5.92 Å². The lowest BCUT2D eigenvalue weighted by atomic mass is 9.93. The molecule has 186 valence electrons. The lowest BCUT2D eigenvalue weighted by Gasteiger charge is -2.27. The van der Waals surface area contributed by atoms with E-state index in [1.807, 2.05) is 24.3 Å². The van der Waals surface area contributed by atoms with Crippen LogP contribution in [-0.4, -0.2) is 15.2 Å². The highest BCUT2D eigenvalue weighted by molar-refractivity contribution is 6.58. The molecule has 0 atom stereocenters. The molecule has 0 saturated carbocycles. The molecule has 1 fully saturated rings. The van der Waals surface area contributed by atoms with Crippen LogP contribution in [0.5, 0.6) is 5.75 Å². The van der Waals surface area contributed by atoms with Crippen molar-refractivity contribution in [3.8, 4) is 28.0 Å². The summed E-state index contributed by atoms with van der Waals surface area (Å²) >= 11 is 0. The first kappa shape index (κ1) is 25.5. The number of halogens is 4. The zero-order chi connectivity index (χ0) is 24.8. The van der Waals surface area contributed by atoms with Gasteiger partial charge in [0, 0.05) is 8.80 Å². The fourth-order valence-corrected chi connectivity index (χ4v) is 8.76. The van der Waals surface area contributed by atoms with Gasteiger partial charge in [-0.3, -0.25) is 0 Å². The number of ether oxygens (including phenoxy) is 1. The van der Waals surface area contributed by atoms with Crippen molar-refractivity contribution in [2.75, 3.05) is 0 Å². The molecule has 0 N–H and O–H groups in total. The van der Waals surface area contributed by atoms with Crippen LogP contribution in [0.25, 0.3) is 22.3 Å². The van der Waals surface area contributed by atoms with Gasteiger partial charge in [0.2, 0.25) is 0 Å². The van der Waals surface area contributed by atoms with Crippen molar-refractivity contribution in [3.05, 3.63) is 78.1 Å². The average Bonchev–Trinajstić information content (AvgIpc) is 2.85. The van der Waals surface area contributed by atoms with E-state index in [1.54, 1.807) is 0 Å². The van der Waals surface area contributed by atoms with Gasteiger partial charge in [-0.05, 0) is 58.7 Å². The second-order valence-corrected chi connectivity index (χ2v) is 13.1. The highest BCUT2D eigenvalue weighted by Gasteiger charge is 2.32. The summed E-state index contributed by atoms with van der Waals surface area (Å²) in [6.07, 6.45) is 1.72. The normalized spacial score (nSPS) is 18.4. The van der Waals surface area contributed by atoms with Crippen LogP contribution >= 0.6 is 0 Å². The molecule has 4 rings (SSSR count). The number of rotatable bonds is 8. The van der Waals surface area contributed by atoms with Gasteiger partial charge in [-0.1, -0.05) is 98.9 Å². The first-order valence-electron chi connectivity index (χ1n) is 12.6. The van der Waals surface area contributed by atoms with E-state index in [4.69, 9.17) is 0 Å². The maximum Gasteiger partial charge on any atom is 0.573 e. The van der Waals surface area contributed by atoms with Gasteiger partial charge < -0.3 is 4.74 Å². The molecule has 1 saturated heterocycles. The molecule has 6 heteroatoms. The Balaban J connectivity index is 1.34. The van der Waals surface area contributed by atoms with Gasteiger partial charge in [-0.25, -0.2) is 4.39 Å². The van der Waals surface area contributed by atoms with Crippen molar-refractivity contribution in [2.45, 2.75) is 63.5 Å². The molecular formula is C29H32F4OSi. The third kappa shape index (κ3) is 7.20. The molecule has 0 amide bonds. The van der Waals surface area contributed by atoms with Gasteiger partial charge in [0.05, 0.1) is 0 Å². The van der Waals surface area contributed by atoms with E-state index in [0.717, 1.165) is 41.2 Å². The van der Waals surface area contributed by atoms with E-state index < -0.39 is 26.7 Å². The molecule has 1 heterocycles. The van der Waals surface area contributed by atoms with Crippen molar-refractivity contribution in [1.29, 1.82) is 0 Å². The first-order chi connectivity index (χ1) is 16.8. The zero-order valence-electron chi connectivity index (χ0n) is 20.1. The van der Waals surface area contributed by atoms with Gasteiger partial charge in [-0.2, -0.15) is 0 Å². The molecular weight excluding hydrogens is 468 g/mol. The second-order valence-electron chi connectivity index (χ2n) is 9.68. The Morgan fingerprint density at radius 3 is 1.91 bits per heavy atom. The van der Waals surface area contributed by atoms with E-state index >= 15 is 0 Å². The zero-order valence-corrected chi connectivity index (χ0v) is 21.2. The summed E-state index contributed by atoms with van der Waals surface area (Å²) < 4.78 is 54.8. The number of alkyl halides is 3. The summed E-state index contributed by atoms with van der Waals surface area (Å²) in [4.78, 5) is 0. The maximum absolute atomic E-state index is 14.1. The Morgan fingerprint density at radius 1 is 0.829 bits per heavy atom. The Labute approximate surface area is 206 Å². The van der Waals surface area contributed by atoms with E-state index in [0.29, 0.717) is 5.56 Å². The van der Waals surface area contributed by atoms with E-state index in [1.165, 1.54) is 55.4 Å². The highest BCUT2D eigenvalue weighted by Crippen LogP contribution is 2.32. The van der Waals surface area contributed by atoms with Gasteiger partial charge in [0.15, 0.2) is 11.6 Å². The van der Waals surface area contributed by atoms with Crippen molar-refractivity contribution in [1.82, 2.24) is 0 Å². The Morgan fingerprint density at radius 2 is 1.37 bits per heavy atom. The standard InChI is InChI=1S/C29H32F4OSi/c1-2-17-35-18-15-22(16-19-35)4-3-21-5-7-23(8-6-21)24-9-11-25(12-10-24)26-13-14-28(27(30)20-26)34-29(31,32)33/h5-14,20,22,35H,2-4,15-19H2,1H3. The van der Waals surface area contributed by atoms with E-state index in [-0.39, 0.29) is 0 Å². The average molecular weight is 501 g/mol. The summed E-state index contributed by atoms with van der Waals surface area (Å²) in [6, 6.07) is 24.3. The van der Waals surface area contributed by atoms with Crippen LogP contribution in [0.1, 0.15) is 38.2 Å². The molecule has 3 aromatic rings. The van der Waals surface area contributed by atoms with Crippen LogP contribution < -0.4 is 4.74 Å². The van der Waals surface area contributed by atoms with Crippen LogP contribution in [-0.2, 0) is 6.42 Å². The summed E-state index contributed by atoms with van der Waals surface area (Å²) in [5, 5.41) is 0. The van der Waals surface area contributed by atoms with Crippen LogP contribution in [0.4, 0.5) is 17.6 Å². The third-order valence-corrected chi connectivity index (χ3v) is 10.9. The van der Waals surface area contributed by atoms with Gasteiger partial charge in [0.1, 0.15) is 0 Å². The number of benzene rings is 3. The molecule has 3 aromatic carbocycles. The predicted molar refractivity (Wildman–Crippen MR) is 137 cm³/mol. The molecule has 35 heavy (non-hydrogen) atoms. The van der Waals surface area contributed by atoms with Gasteiger partial charge in [0.25, 0.3) is 0 Å². The molecule has 0 radical (unpaired) electrons. The minimum absolute atomic E-state index is 0.407. The molecule has 0 bridgehead atoms. The number of hydrogen-bond acceptors (Lipinski definition) is 1. The van der Waals surface area contributed by atoms with Gasteiger partial charge in [-0.15, -0.1) is 13.2 Å². The first-order valence-corrected chi connectivity index (χ1v) is 15.0. The largest absolute Gasteiger partial charge is 0.573 e.